The lowest BCUT2D eigenvalue weighted by atomic mass is 9.89. The summed E-state index contributed by atoms with van der Waals surface area (Å²) < 4.78 is 5.19. The van der Waals surface area contributed by atoms with Gasteiger partial charge in [0.25, 0.3) is 0 Å². The molecule has 1 aliphatic heterocycles. The maximum absolute atomic E-state index is 13.2. The number of ether oxygens (including phenoxy) is 1. The zero-order chi connectivity index (χ0) is 29.0. The van der Waals surface area contributed by atoms with E-state index in [1.54, 1.807) is 0 Å². The first-order chi connectivity index (χ1) is 19.9. The van der Waals surface area contributed by atoms with Crippen LogP contribution in [0.4, 0.5) is 10.5 Å². The first kappa shape index (κ1) is 30.0. The summed E-state index contributed by atoms with van der Waals surface area (Å²) in [6.45, 7) is 6.81. The standard InChI is InChI=1S/C34H41N3O4/c1-26(2)41-34(40)35-31-16-9-15-30(25-31)29-17-21-36(22-18-29)19-10-20-37(32(38)23-27-11-5-3-6-12-27)33(39)24-28-13-7-4-8-14-28/h3-9,11-16,25-26,29H,10,17-24H2,1-2H3,(H,35,40). The fourth-order valence-electron chi connectivity index (χ4n) is 5.29. The van der Waals surface area contributed by atoms with Gasteiger partial charge in [0, 0.05) is 12.2 Å². The first-order valence-corrected chi connectivity index (χ1v) is 14.6. The lowest BCUT2D eigenvalue weighted by Gasteiger charge is -2.33. The molecule has 0 unspecified atom stereocenters. The van der Waals surface area contributed by atoms with Gasteiger partial charge in [-0.25, -0.2) is 4.79 Å². The average molecular weight is 556 g/mol. The van der Waals surface area contributed by atoms with Crippen LogP contribution in [0.2, 0.25) is 0 Å². The summed E-state index contributed by atoms with van der Waals surface area (Å²) in [5.41, 5.74) is 3.79. The van der Waals surface area contributed by atoms with Gasteiger partial charge in [0.15, 0.2) is 0 Å². The van der Waals surface area contributed by atoms with E-state index < -0.39 is 6.09 Å². The zero-order valence-corrected chi connectivity index (χ0v) is 24.1. The number of piperidine rings is 1. The van der Waals surface area contributed by atoms with Crippen LogP contribution in [0.25, 0.3) is 0 Å². The number of carbonyl (C=O) groups excluding carboxylic acids is 3. The minimum atomic E-state index is -0.439. The third-order valence-corrected chi connectivity index (χ3v) is 7.39. The molecule has 3 aromatic carbocycles. The second-order valence-electron chi connectivity index (χ2n) is 10.9. The Bertz CT molecular complexity index is 1220. The van der Waals surface area contributed by atoms with Crippen molar-refractivity contribution in [1.82, 2.24) is 9.80 Å². The number of amides is 3. The molecular weight excluding hydrogens is 514 g/mol. The molecular formula is C34H41N3O4. The largest absolute Gasteiger partial charge is 0.447 e. The van der Waals surface area contributed by atoms with Gasteiger partial charge in [-0.2, -0.15) is 0 Å². The third-order valence-electron chi connectivity index (χ3n) is 7.39. The maximum atomic E-state index is 13.2. The summed E-state index contributed by atoms with van der Waals surface area (Å²) in [4.78, 5) is 42.3. The number of hydrogen-bond donors (Lipinski definition) is 1. The zero-order valence-electron chi connectivity index (χ0n) is 24.1. The molecule has 1 saturated heterocycles. The molecule has 0 radical (unpaired) electrons. The van der Waals surface area contributed by atoms with Crippen LogP contribution in [0.15, 0.2) is 84.9 Å². The van der Waals surface area contributed by atoms with Crippen molar-refractivity contribution in [3.8, 4) is 0 Å². The summed E-state index contributed by atoms with van der Waals surface area (Å²) in [7, 11) is 0. The van der Waals surface area contributed by atoms with E-state index in [1.165, 1.54) is 10.5 Å². The molecule has 7 heteroatoms. The number of rotatable bonds is 11. The number of likely N-dealkylation sites (tertiary alicyclic amines) is 1. The molecule has 0 atom stereocenters. The van der Waals surface area contributed by atoms with Gasteiger partial charge in [0.05, 0.1) is 18.9 Å². The van der Waals surface area contributed by atoms with E-state index in [9.17, 15) is 14.4 Å². The van der Waals surface area contributed by atoms with Crippen LogP contribution in [0.1, 0.15) is 55.7 Å². The topological polar surface area (TPSA) is 79.0 Å². The van der Waals surface area contributed by atoms with Crippen LogP contribution in [-0.2, 0) is 27.2 Å². The van der Waals surface area contributed by atoms with Crippen molar-refractivity contribution in [1.29, 1.82) is 0 Å². The molecule has 4 rings (SSSR count). The number of imide groups is 1. The van der Waals surface area contributed by atoms with Gasteiger partial charge in [-0.1, -0.05) is 72.8 Å². The van der Waals surface area contributed by atoms with Crippen LogP contribution in [-0.4, -0.2) is 60.0 Å². The molecule has 0 saturated carbocycles. The van der Waals surface area contributed by atoms with E-state index in [2.05, 4.69) is 16.3 Å². The minimum absolute atomic E-state index is 0.151. The summed E-state index contributed by atoms with van der Waals surface area (Å²) >= 11 is 0. The molecule has 0 aromatic heterocycles. The van der Waals surface area contributed by atoms with Crippen molar-refractivity contribution in [3.05, 3.63) is 102 Å². The van der Waals surface area contributed by atoms with E-state index in [0.29, 0.717) is 12.5 Å². The Morgan fingerprint density at radius 2 is 1.44 bits per heavy atom. The van der Waals surface area contributed by atoms with Crippen LogP contribution in [0, 0.1) is 0 Å². The van der Waals surface area contributed by atoms with Gasteiger partial charge in [0.1, 0.15) is 0 Å². The summed E-state index contributed by atoms with van der Waals surface area (Å²) in [6, 6.07) is 27.2. The molecule has 0 bridgehead atoms. The SMILES string of the molecule is CC(C)OC(=O)Nc1cccc(C2CCN(CCCN(C(=O)Cc3ccccc3)C(=O)Cc3ccccc3)CC2)c1. The Labute approximate surface area is 243 Å². The number of anilines is 1. The van der Waals surface area contributed by atoms with Crippen LogP contribution < -0.4 is 5.32 Å². The van der Waals surface area contributed by atoms with Gasteiger partial charge < -0.3 is 9.64 Å². The van der Waals surface area contributed by atoms with Gasteiger partial charge in [-0.15, -0.1) is 0 Å². The van der Waals surface area contributed by atoms with E-state index in [1.807, 2.05) is 92.7 Å². The normalized spacial score (nSPS) is 14.0. The van der Waals surface area contributed by atoms with E-state index in [-0.39, 0.29) is 30.8 Å². The van der Waals surface area contributed by atoms with Gasteiger partial charge >= 0.3 is 6.09 Å². The molecule has 7 nitrogen and oxygen atoms in total. The fraction of sp³-hybridized carbons (Fsp3) is 0.382. The predicted molar refractivity (Wildman–Crippen MR) is 162 cm³/mol. The smallest absolute Gasteiger partial charge is 0.411 e. The fourth-order valence-corrected chi connectivity index (χ4v) is 5.29. The predicted octanol–water partition coefficient (Wildman–Crippen LogP) is 6.05. The molecule has 41 heavy (non-hydrogen) atoms. The van der Waals surface area contributed by atoms with E-state index in [4.69, 9.17) is 4.74 Å². The van der Waals surface area contributed by atoms with Crippen LogP contribution >= 0.6 is 0 Å². The average Bonchev–Trinajstić information content (AvgIpc) is 2.96. The summed E-state index contributed by atoms with van der Waals surface area (Å²) in [5, 5.41) is 2.82. The van der Waals surface area contributed by atoms with E-state index >= 15 is 0 Å². The van der Waals surface area contributed by atoms with E-state index in [0.717, 1.165) is 55.7 Å². The molecule has 216 valence electrons. The Balaban J connectivity index is 1.28. The second kappa shape index (κ2) is 15.1. The molecule has 3 aromatic rings. The monoisotopic (exact) mass is 555 g/mol. The molecule has 0 spiro atoms. The van der Waals surface area contributed by atoms with Crippen LogP contribution in [0.5, 0.6) is 0 Å². The van der Waals surface area contributed by atoms with Crippen LogP contribution in [0.3, 0.4) is 0 Å². The Hall–Kier alpha value is -3.97. The van der Waals surface area contributed by atoms with Gasteiger partial charge in [0.2, 0.25) is 11.8 Å². The van der Waals surface area contributed by atoms with Crippen molar-refractivity contribution >= 4 is 23.6 Å². The maximum Gasteiger partial charge on any atom is 0.411 e. The third kappa shape index (κ3) is 9.57. The quantitative estimate of drug-likeness (QED) is 0.312. The highest BCUT2D eigenvalue weighted by Gasteiger charge is 2.24. The van der Waals surface area contributed by atoms with Gasteiger partial charge in [-0.05, 0) is 87.5 Å². The number of benzene rings is 3. The first-order valence-electron chi connectivity index (χ1n) is 14.6. The highest BCUT2D eigenvalue weighted by atomic mass is 16.6. The Kier molecular flexibility index (Phi) is 11.1. The Morgan fingerprint density at radius 3 is 2.00 bits per heavy atom. The van der Waals surface area contributed by atoms with Crippen molar-refractivity contribution in [2.24, 2.45) is 0 Å². The van der Waals surface area contributed by atoms with Gasteiger partial charge in [-0.3, -0.25) is 19.8 Å². The number of nitrogens with zero attached hydrogens (tertiary/aromatic N) is 2. The molecule has 0 aliphatic carbocycles. The molecule has 1 heterocycles. The number of nitrogens with one attached hydrogen (secondary N) is 1. The lowest BCUT2D eigenvalue weighted by molar-refractivity contribution is -0.144. The second-order valence-corrected chi connectivity index (χ2v) is 10.9. The van der Waals surface area contributed by atoms with Crippen molar-refractivity contribution in [2.75, 3.05) is 31.5 Å². The van der Waals surface area contributed by atoms with Crippen molar-refractivity contribution in [2.45, 2.75) is 58.0 Å². The molecule has 3 amide bonds. The number of hydrogen-bond acceptors (Lipinski definition) is 5. The summed E-state index contributed by atoms with van der Waals surface area (Å²) in [6.07, 6.45) is 2.60. The number of carbonyl (C=O) groups is 3. The molecule has 1 fully saturated rings. The van der Waals surface area contributed by atoms with Crippen molar-refractivity contribution < 1.29 is 19.1 Å². The molecule has 1 aliphatic rings. The highest BCUT2D eigenvalue weighted by molar-refractivity contribution is 5.97. The highest BCUT2D eigenvalue weighted by Crippen LogP contribution is 2.29. The minimum Gasteiger partial charge on any atom is -0.447 e. The summed E-state index contributed by atoms with van der Waals surface area (Å²) in [5.74, 6) is 0.119. The molecule has 1 N–H and O–H groups in total. The Morgan fingerprint density at radius 1 is 0.854 bits per heavy atom. The lowest BCUT2D eigenvalue weighted by Crippen LogP contribution is -2.41. The van der Waals surface area contributed by atoms with Crippen molar-refractivity contribution in [3.63, 3.8) is 0 Å².